The largest absolute Gasteiger partial charge is 0.489 e. The maximum absolute atomic E-state index is 11.6. The van der Waals surface area contributed by atoms with Crippen LogP contribution in [0.1, 0.15) is 20.8 Å². The number of anilines is 1. The van der Waals surface area contributed by atoms with Gasteiger partial charge in [0.1, 0.15) is 18.0 Å². The van der Waals surface area contributed by atoms with Gasteiger partial charge in [0.2, 0.25) is 0 Å². The van der Waals surface area contributed by atoms with E-state index in [1.54, 1.807) is 39.0 Å². The average molecular weight is 375 g/mol. The molecule has 0 aliphatic rings. The molecule has 0 aliphatic carbocycles. The second-order valence-electron chi connectivity index (χ2n) is 5.53. The molecule has 1 aromatic rings. The van der Waals surface area contributed by atoms with Gasteiger partial charge in [-0.25, -0.2) is 9.59 Å². The van der Waals surface area contributed by atoms with E-state index in [0.717, 1.165) is 4.47 Å². The van der Waals surface area contributed by atoms with Crippen molar-refractivity contribution in [1.29, 1.82) is 0 Å². The van der Waals surface area contributed by atoms with Gasteiger partial charge in [-0.1, -0.05) is 15.9 Å². The number of aliphatic carboxylic acids is 1. The normalized spacial score (nSPS) is 12.4. The van der Waals surface area contributed by atoms with E-state index in [4.69, 9.17) is 20.3 Å². The van der Waals surface area contributed by atoms with Crippen LogP contribution in [-0.2, 0) is 9.53 Å². The number of carboxylic acid groups (broad SMARTS) is 1. The summed E-state index contributed by atoms with van der Waals surface area (Å²) in [6.45, 7) is 4.76. The number of nitrogen functional groups attached to an aromatic ring is 1. The van der Waals surface area contributed by atoms with E-state index in [1.165, 1.54) is 0 Å². The fraction of sp³-hybridized carbons (Fsp3) is 0.429. The Morgan fingerprint density at radius 2 is 2.05 bits per heavy atom. The van der Waals surface area contributed by atoms with Crippen LogP contribution in [-0.4, -0.2) is 35.4 Å². The minimum Gasteiger partial charge on any atom is -0.489 e. The van der Waals surface area contributed by atoms with Crippen molar-refractivity contribution in [3.8, 4) is 5.75 Å². The van der Waals surface area contributed by atoms with Crippen molar-refractivity contribution < 1.29 is 24.2 Å². The summed E-state index contributed by atoms with van der Waals surface area (Å²) in [4.78, 5) is 22.8. The lowest BCUT2D eigenvalue weighted by Crippen LogP contribution is -2.46. The molecule has 1 amide bonds. The molecule has 0 fully saturated rings. The summed E-state index contributed by atoms with van der Waals surface area (Å²) in [5.41, 5.74) is 5.38. The van der Waals surface area contributed by atoms with Crippen molar-refractivity contribution in [1.82, 2.24) is 5.32 Å². The lowest BCUT2D eigenvalue weighted by molar-refractivity contribution is -0.140. The number of carboxylic acids is 1. The Balaban J connectivity index is 2.67. The summed E-state index contributed by atoms with van der Waals surface area (Å²) in [6.07, 6.45) is -0.828. The Hall–Kier alpha value is -1.96. The van der Waals surface area contributed by atoms with Crippen LogP contribution in [0.5, 0.6) is 5.75 Å². The number of carbonyl (C=O) groups is 2. The summed E-state index contributed by atoms with van der Waals surface area (Å²) >= 11 is 3.26. The van der Waals surface area contributed by atoms with E-state index in [1.807, 2.05) is 0 Å². The summed E-state index contributed by atoms with van der Waals surface area (Å²) in [7, 11) is 0. The maximum atomic E-state index is 11.6. The van der Waals surface area contributed by atoms with E-state index in [2.05, 4.69) is 21.2 Å². The van der Waals surface area contributed by atoms with Crippen LogP contribution in [0.25, 0.3) is 0 Å². The highest BCUT2D eigenvalue weighted by molar-refractivity contribution is 9.10. The van der Waals surface area contributed by atoms with Gasteiger partial charge in [-0.15, -0.1) is 0 Å². The Bertz CT molecular complexity index is 557. The second-order valence-corrected chi connectivity index (χ2v) is 6.45. The molecule has 0 heterocycles. The smallest absolute Gasteiger partial charge is 0.408 e. The molecule has 1 rings (SSSR count). The summed E-state index contributed by atoms with van der Waals surface area (Å²) in [5, 5.41) is 11.4. The first-order valence-electron chi connectivity index (χ1n) is 6.48. The molecular formula is C14H19BrN2O5. The predicted molar refractivity (Wildman–Crippen MR) is 84.8 cm³/mol. The summed E-state index contributed by atoms with van der Waals surface area (Å²) in [5.74, 6) is -0.911. The maximum Gasteiger partial charge on any atom is 0.408 e. The van der Waals surface area contributed by atoms with Crippen LogP contribution < -0.4 is 15.8 Å². The molecule has 1 aromatic carbocycles. The molecule has 122 valence electrons. The van der Waals surface area contributed by atoms with Crippen molar-refractivity contribution in [2.24, 2.45) is 0 Å². The van der Waals surface area contributed by atoms with Crippen LogP contribution in [0.3, 0.4) is 0 Å². The van der Waals surface area contributed by atoms with Crippen LogP contribution in [0.15, 0.2) is 22.7 Å². The van der Waals surface area contributed by atoms with Gasteiger partial charge < -0.3 is 25.6 Å². The molecule has 0 aliphatic heterocycles. The molecule has 22 heavy (non-hydrogen) atoms. The van der Waals surface area contributed by atoms with Crippen molar-refractivity contribution in [2.45, 2.75) is 32.4 Å². The number of amides is 1. The Morgan fingerprint density at radius 3 is 2.59 bits per heavy atom. The van der Waals surface area contributed by atoms with Gasteiger partial charge in [0.25, 0.3) is 0 Å². The standard InChI is InChI=1S/C14H19BrN2O5/c1-14(2,3)22-13(20)17-10(12(18)19)7-21-11-6-8(15)4-5-9(11)16/h4-6,10H,7,16H2,1-3H3,(H,17,20)(H,18,19)/t10-/m0/s1. The van der Waals surface area contributed by atoms with Crippen molar-refractivity contribution in [2.75, 3.05) is 12.3 Å². The van der Waals surface area contributed by atoms with Gasteiger partial charge in [0.05, 0.1) is 5.69 Å². The number of halogens is 1. The fourth-order valence-electron chi connectivity index (χ4n) is 1.43. The summed E-state index contributed by atoms with van der Waals surface area (Å²) in [6, 6.07) is 3.71. The van der Waals surface area contributed by atoms with Gasteiger partial charge in [0, 0.05) is 4.47 Å². The Kier molecular flexibility index (Phi) is 6.04. The molecule has 8 heteroatoms. The average Bonchev–Trinajstić information content (AvgIpc) is 2.35. The lowest BCUT2D eigenvalue weighted by atomic mass is 10.2. The van der Waals surface area contributed by atoms with Crippen LogP contribution in [0.4, 0.5) is 10.5 Å². The fourth-order valence-corrected chi connectivity index (χ4v) is 1.77. The van der Waals surface area contributed by atoms with Crippen molar-refractivity contribution in [3.63, 3.8) is 0 Å². The van der Waals surface area contributed by atoms with Gasteiger partial charge in [-0.3, -0.25) is 0 Å². The van der Waals surface area contributed by atoms with E-state index in [0.29, 0.717) is 11.4 Å². The third-order valence-electron chi connectivity index (χ3n) is 2.37. The zero-order valence-electron chi connectivity index (χ0n) is 12.6. The number of nitrogens with one attached hydrogen (secondary N) is 1. The van der Waals surface area contributed by atoms with Gasteiger partial charge >= 0.3 is 12.1 Å². The number of alkyl carbamates (subject to hydrolysis) is 1. The van der Waals surface area contributed by atoms with E-state index < -0.39 is 23.7 Å². The third-order valence-corrected chi connectivity index (χ3v) is 2.86. The van der Waals surface area contributed by atoms with Crippen molar-refractivity contribution in [3.05, 3.63) is 22.7 Å². The lowest BCUT2D eigenvalue weighted by Gasteiger charge is -2.22. The minimum atomic E-state index is -1.26. The summed E-state index contributed by atoms with van der Waals surface area (Å²) < 4.78 is 11.1. The Morgan fingerprint density at radius 1 is 1.41 bits per heavy atom. The topological polar surface area (TPSA) is 111 Å². The quantitative estimate of drug-likeness (QED) is 0.682. The van der Waals surface area contributed by atoms with Crippen LogP contribution in [0.2, 0.25) is 0 Å². The molecule has 1 atom stereocenters. The first-order chi connectivity index (χ1) is 10.1. The van der Waals surface area contributed by atoms with E-state index >= 15 is 0 Å². The van der Waals surface area contributed by atoms with Gasteiger partial charge in [-0.2, -0.15) is 0 Å². The molecule has 0 unspecified atom stereocenters. The van der Waals surface area contributed by atoms with E-state index in [-0.39, 0.29) is 6.61 Å². The van der Waals surface area contributed by atoms with Gasteiger partial charge in [-0.05, 0) is 39.0 Å². The number of ether oxygens (including phenoxy) is 2. The molecule has 0 bridgehead atoms. The molecule has 0 radical (unpaired) electrons. The number of hydrogen-bond acceptors (Lipinski definition) is 5. The first-order valence-corrected chi connectivity index (χ1v) is 7.28. The van der Waals surface area contributed by atoms with Crippen LogP contribution >= 0.6 is 15.9 Å². The Labute approximate surface area is 136 Å². The number of nitrogens with two attached hydrogens (primary N) is 1. The number of carbonyl (C=O) groups excluding carboxylic acids is 1. The molecule has 4 N–H and O–H groups in total. The highest BCUT2D eigenvalue weighted by atomic mass is 79.9. The molecule has 0 saturated heterocycles. The van der Waals surface area contributed by atoms with E-state index in [9.17, 15) is 9.59 Å². The zero-order chi connectivity index (χ0) is 16.9. The molecule has 0 saturated carbocycles. The second kappa shape index (κ2) is 7.35. The third kappa shape index (κ3) is 6.21. The zero-order valence-corrected chi connectivity index (χ0v) is 14.1. The monoisotopic (exact) mass is 374 g/mol. The number of benzene rings is 1. The highest BCUT2D eigenvalue weighted by Crippen LogP contribution is 2.25. The first kappa shape index (κ1) is 18.1. The van der Waals surface area contributed by atoms with Crippen LogP contribution in [0, 0.1) is 0 Å². The highest BCUT2D eigenvalue weighted by Gasteiger charge is 2.24. The number of rotatable bonds is 5. The molecule has 0 aromatic heterocycles. The van der Waals surface area contributed by atoms with Gasteiger partial charge in [0.15, 0.2) is 6.04 Å². The number of hydrogen-bond donors (Lipinski definition) is 3. The predicted octanol–water partition coefficient (Wildman–Crippen LogP) is 2.39. The molecule has 0 spiro atoms. The minimum absolute atomic E-state index is 0.283. The molecular weight excluding hydrogens is 356 g/mol. The van der Waals surface area contributed by atoms with Crippen molar-refractivity contribution >= 4 is 33.7 Å². The molecule has 7 nitrogen and oxygen atoms in total. The SMILES string of the molecule is CC(C)(C)OC(=O)N[C@@H](COc1cc(Br)ccc1N)C(=O)O.